The zero-order valence-electron chi connectivity index (χ0n) is 9.61. The summed E-state index contributed by atoms with van der Waals surface area (Å²) in [5.74, 6) is 5.22. The first-order valence-corrected chi connectivity index (χ1v) is 5.42. The molecule has 0 bridgehead atoms. The average Bonchev–Trinajstić information content (AvgIpc) is 2.29. The van der Waals surface area contributed by atoms with Gasteiger partial charge in [-0.15, -0.1) is 0 Å². The maximum absolute atomic E-state index is 11.0. The summed E-state index contributed by atoms with van der Waals surface area (Å²) >= 11 is 0. The summed E-state index contributed by atoms with van der Waals surface area (Å²) in [7, 11) is 1.33. The van der Waals surface area contributed by atoms with Crippen molar-refractivity contribution in [1.82, 2.24) is 10.3 Å². The lowest BCUT2D eigenvalue weighted by Gasteiger charge is -2.25. The number of nitrogens with zero attached hydrogens (tertiary/aromatic N) is 1. The second kappa shape index (κ2) is 6.34. The van der Waals surface area contributed by atoms with Gasteiger partial charge in [0.15, 0.2) is 0 Å². The molecule has 0 aliphatic carbocycles. The van der Waals surface area contributed by atoms with Crippen LogP contribution in [0.25, 0.3) is 0 Å². The molecule has 16 heavy (non-hydrogen) atoms. The fraction of sp³-hybridized carbons (Fsp3) is 0.700. The number of nitrogens with two attached hydrogens (primary N) is 2. The Morgan fingerprint density at radius 1 is 1.62 bits per heavy atom. The van der Waals surface area contributed by atoms with Gasteiger partial charge in [0, 0.05) is 17.9 Å². The molecule has 1 heterocycles. The molecular weight excluding hydrogens is 208 g/mol. The van der Waals surface area contributed by atoms with Crippen LogP contribution in [-0.2, 0) is 9.53 Å². The number of hydrogen-bond acceptors (Lipinski definition) is 6. The van der Waals surface area contributed by atoms with Crippen molar-refractivity contribution < 1.29 is 9.53 Å². The Morgan fingerprint density at radius 2 is 2.38 bits per heavy atom. The Balaban J connectivity index is 2.44. The van der Waals surface area contributed by atoms with E-state index in [1.165, 1.54) is 18.5 Å². The monoisotopic (exact) mass is 228 g/mol. The van der Waals surface area contributed by atoms with E-state index in [0.717, 1.165) is 19.4 Å². The van der Waals surface area contributed by atoms with E-state index in [-0.39, 0.29) is 18.6 Å². The first-order valence-electron chi connectivity index (χ1n) is 5.42. The summed E-state index contributed by atoms with van der Waals surface area (Å²) in [4.78, 5) is 11.0. The highest BCUT2D eigenvalue weighted by molar-refractivity contribution is 5.71. The fourth-order valence-electron chi connectivity index (χ4n) is 1.68. The van der Waals surface area contributed by atoms with Gasteiger partial charge in [0.1, 0.15) is 6.54 Å². The summed E-state index contributed by atoms with van der Waals surface area (Å²) < 4.78 is 4.50. The molecule has 1 fully saturated rings. The average molecular weight is 228 g/mol. The molecule has 1 rings (SSSR count). The number of hydrogen-bond donors (Lipinski definition) is 3. The van der Waals surface area contributed by atoms with E-state index in [0.29, 0.717) is 5.70 Å². The van der Waals surface area contributed by atoms with Gasteiger partial charge in [0.25, 0.3) is 0 Å². The van der Waals surface area contributed by atoms with E-state index in [1.54, 1.807) is 6.20 Å². The van der Waals surface area contributed by atoms with Gasteiger partial charge in [-0.3, -0.25) is 4.79 Å². The summed E-state index contributed by atoms with van der Waals surface area (Å²) in [6.45, 7) is 0.977. The zero-order chi connectivity index (χ0) is 12.0. The van der Waals surface area contributed by atoms with E-state index >= 15 is 0 Å². The molecule has 0 saturated carbocycles. The van der Waals surface area contributed by atoms with Crippen LogP contribution in [0.3, 0.4) is 0 Å². The number of piperidine rings is 1. The van der Waals surface area contributed by atoms with E-state index < -0.39 is 0 Å². The number of methoxy groups -OCH3 is 1. The minimum Gasteiger partial charge on any atom is -0.468 e. The number of carbonyl (C=O) groups excluding carboxylic acids is 1. The Kier molecular flexibility index (Phi) is 5.07. The second-order valence-corrected chi connectivity index (χ2v) is 3.88. The van der Waals surface area contributed by atoms with E-state index in [9.17, 15) is 4.79 Å². The quantitative estimate of drug-likeness (QED) is 0.334. The predicted molar refractivity (Wildman–Crippen MR) is 60.8 cm³/mol. The Morgan fingerprint density at radius 3 is 2.94 bits per heavy atom. The van der Waals surface area contributed by atoms with Gasteiger partial charge in [0.05, 0.1) is 7.11 Å². The van der Waals surface area contributed by atoms with Crippen LogP contribution in [0.1, 0.15) is 19.3 Å². The summed E-state index contributed by atoms with van der Waals surface area (Å²) in [6, 6.07) is 0.164. The standard InChI is InChI=1S/C10H20N4O2/c1-16-10(15)7-14(12)6-8(11)9-4-2-3-5-13-9/h6,9,13H,2-5,7,11-12H2,1H3/b8-6-. The molecule has 1 aliphatic rings. The van der Waals surface area contributed by atoms with Crippen molar-refractivity contribution in [2.75, 3.05) is 20.2 Å². The molecule has 0 spiro atoms. The third kappa shape index (κ3) is 4.08. The number of ether oxygens (including phenoxy) is 1. The topological polar surface area (TPSA) is 93.6 Å². The third-order valence-corrected chi connectivity index (χ3v) is 2.57. The lowest BCUT2D eigenvalue weighted by Crippen LogP contribution is -2.40. The van der Waals surface area contributed by atoms with Crippen molar-refractivity contribution >= 4 is 5.97 Å². The van der Waals surface area contributed by atoms with Crippen LogP contribution >= 0.6 is 0 Å². The molecule has 6 nitrogen and oxygen atoms in total. The molecule has 0 aromatic heterocycles. The third-order valence-electron chi connectivity index (χ3n) is 2.57. The number of hydrazine groups is 1. The van der Waals surface area contributed by atoms with E-state index in [4.69, 9.17) is 11.6 Å². The Labute approximate surface area is 95.6 Å². The van der Waals surface area contributed by atoms with Crippen LogP contribution in [0.2, 0.25) is 0 Å². The minimum atomic E-state index is -0.386. The first-order chi connectivity index (χ1) is 7.63. The second-order valence-electron chi connectivity index (χ2n) is 3.88. The smallest absolute Gasteiger partial charge is 0.326 e. The first kappa shape index (κ1) is 12.8. The number of carbonyl (C=O) groups is 1. The molecule has 1 saturated heterocycles. The van der Waals surface area contributed by atoms with Gasteiger partial charge in [0.2, 0.25) is 0 Å². The molecule has 1 aliphatic heterocycles. The van der Waals surface area contributed by atoms with Crippen molar-refractivity contribution in [3.63, 3.8) is 0 Å². The van der Waals surface area contributed by atoms with Crippen LogP contribution in [0.5, 0.6) is 0 Å². The normalized spacial score (nSPS) is 21.6. The lowest BCUT2D eigenvalue weighted by molar-refractivity contribution is -0.141. The zero-order valence-corrected chi connectivity index (χ0v) is 9.61. The van der Waals surface area contributed by atoms with Crippen molar-refractivity contribution in [2.45, 2.75) is 25.3 Å². The largest absolute Gasteiger partial charge is 0.468 e. The molecule has 6 heteroatoms. The maximum Gasteiger partial charge on any atom is 0.326 e. The molecule has 0 radical (unpaired) electrons. The van der Waals surface area contributed by atoms with Gasteiger partial charge in [-0.05, 0) is 19.4 Å². The fourth-order valence-corrected chi connectivity index (χ4v) is 1.68. The molecule has 1 atom stereocenters. The number of nitrogens with one attached hydrogen (secondary N) is 1. The van der Waals surface area contributed by atoms with Crippen LogP contribution in [0, 0.1) is 0 Å². The maximum atomic E-state index is 11.0. The summed E-state index contributed by atoms with van der Waals surface area (Å²) in [6.07, 6.45) is 4.93. The molecule has 1 unspecified atom stereocenters. The molecule has 5 N–H and O–H groups in total. The van der Waals surface area contributed by atoms with Gasteiger partial charge >= 0.3 is 5.97 Å². The van der Waals surface area contributed by atoms with Crippen LogP contribution in [0.4, 0.5) is 0 Å². The number of rotatable bonds is 4. The van der Waals surface area contributed by atoms with E-state index in [2.05, 4.69) is 10.1 Å². The lowest BCUT2D eigenvalue weighted by atomic mass is 10.0. The minimum absolute atomic E-state index is 0.00389. The molecule has 92 valence electrons. The SMILES string of the molecule is COC(=O)CN(N)/C=C(\N)C1CCCCN1. The van der Waals surface area contributed by atoms with E-state index in [1.807, 2.05) is 0 Å². The highest BCUT2D eigenvalue weighted by Gasteiger charge is 2.15. The molecular formula is C10H20N4O2. The van der Waals surface area contributed by atoms with Crippen molar-refractivity contribution in [3.05, 3.63) is 11.9 Å². The van der Waals surface area contributed by atoms with Crippen molar-refractivity contribution in [3.8, 4) is 0 Å². The van der Waals surface area contributed by atoms with Gasteiger partial charge in [-0.25, -0.2) is 5.84 Å². The van der Waals surface area contributed by atoms with Crippen LogP contribution in [-0.4, -0.2) is 37.2 Å². The van der Waals surface area contributed by atoms with Crippen molar-refractivity contribution in [2.24, 2.45) is 11.6 Å². The van der Waals surface area contributed by atoms with Gasteiger partial charge in [-0.2, -0.15) is 0 Å². The summed E-state index contributed by atoms with van der Waals surface area (Å²) in [5.41, 5.74) is 6.55. The van der Waals surface area contributed by atoms with Crippen LogP contribution in [0.15, 0.2) is 11.9 Å². The van der Waals surface area contributed by atoms with Gasteiger partial charge in [-0.1, -0.05) is 6.42 Å². The summed E-state index contributed by atoms with van der Waals surface area (Å²) in [5, 5.41) is 4.55. The highest BCUT2D eigenvalue weighted by atomic mass is 16.5. The predicted octanol–water partition coefficient (Wildman–Crippen LogP) is -0.723. The highest BCUT2D eigenvalue weighted by Crippen LogP contribution is 2.11. The Hall–Kier alpha value is -1.27. The van der Waals surface area contributed by atoms with Crippen molar-refractivity contribution in [1.29, 1.82) is 0 Å². The molecule has 0 amide bonds. The number of esters is 1. The Bertz CT molecular complexity index is 262. The molecule has 0 aromatic rings. The van der Waals surface area contributed by atoms with Gasteiger partial charge < -0.3 is 20.8 Å². The molecule has 0 aromatic carbocycles. The van der Waals surface area contributed by atoms with Crippen LogP contribution < -0.4 is 16.9 Å².